The first-order valence-corrected chi connectivity index (χ1v) is 9.07. The van der Waals surface area contributed by atoms with Gasteiger partial charge in [0.1, 0.15) is 0 Å². The molecule has 0 radical (unpaired) electrons. The largest absolute Gasteiger partial charge is 0.352 e. The molecule has 1 aromatic rings. The van der Waals surface area contributed by atoms with Crippen LogP contribution >= 0.6 is 0 Å². The lowest BCUT2D eigenvalue weighted by Gasteiger charge is -2.12. The SMILES string of the molecule is Cc1nn(C2CCS(=O)(=O)C2)c(C)c1C(=O)NCC(C)C. The molecule has 21 heavy (non-hydrogen) atoms. The summed E-state index contributed by atoms with van der Waals surface area (Å²) in [6.07, 6.45) is 0.567. The molecule has 1 atom stereocenters. The fourth-order valence-corrected chi connectivity index (χ4v) is 4.39. The minimum absolute atomic E-state index is 0.113. The number of aromatic nitrogens is 2. The summed E-state index contributed by atoms with van der Waals surface area (Å²) in [6, 6.07) is -0.152. The van der Waals surface area contributed by atoms with E-state index in [1.807, 2.05) is 20.8 Å². The van der Waals surface area contributed by atoms with Gasteiger partial charge in [-0.2, -0.15) is 5.10 Å². The Balaban J connectivity index is 2.24. The van der Waals surface area contributed by atoms with Gasteiger partial charge in [-0.15, -0.1) is 0 Å². The predicted molar refractivity (Wildman–Crippen MR) is 81.2 cm³/mol. The number of aryl methyl sites for hydroxylation is 1. The molecule has 2 heterocycles. The van der Waals surface area contributed by atoms with Gasteiger partial charge in [0.05, 0.1) is 28.8 Å². The third kappa shape index (κ3) is 3.45. The second-order valence-electron chi connectivity index (χ2n) is 6.15. The molecule has 0 aromatic carbocycles. The molecule has 0 aliphatic carbocycles. The van der Waals surface area contributed by atoms with E-state index in [0.717, 1.165) is 5.69 Å². The molecule has 0 spiro atoms. The number of nitrogens with zero attached hydrogens (tertiary/aromatic N) is 2. The van der Waals surface area contributed by atoms with Crippen molar-refractivity contribution in [2.24, 2.45) is 5.92 Å². The van der Waals surface area contributed by atoms with Crippen LogP contribution in [-0.4, -0.2) is 42.2 Å². The predicted octanol–water partition coefficient (Wildman–Crippen LogP) is 1.25. The highest BCUT2D eigenvalue weighted by Crippen LogP contribution is 2.26. The summed E-state index contributed by atoms with van der Waals surface area (Å²) >= 11 is 0. The molecule has 1 amide bonds. The zero-order chi connectivity index (χ0) is 15.8. The molecule has 0 bridgehead atoms. The van der Waals surface area contributed by atoms with Gasteiger partial charge in [0.25, 0.3) is 5.91 Å². The summed E-state index contributed by atoms with van der Waals surface area (Å²) < 4.78 is 24.9. The van der Waals surface area contributed by atoms with E-state index in [9.17, 15) is 13.2 Å². The Hall–Kier alpha value is -1.37. The van der Waals surface area contributed by atoms with Crippen LogP contribution in [0.25, 0.3) is 0 Å². The highest BCUT2D eigenvalue weighted by atomic mass is 32.2. The van der Waals surface area contributed by atoms with Crippen LogP contribution < -0.4 is 5.32 Å². The monoisotopic (exact) mass is 313 g/mol. The number of rotatable bonds is 4. The van der Waals surface area contributed by atoms with Crippen molar-refractivity contribution in [2.75, 3.05) is 18.1 Å². The van der Waals surface area contributed by atoms with Gasteiger partial charge in [0.2, 0.25) is 0 Å². The van der Waals surface area contributed by atoms with E-state index in [-0.39, 0.29) is 23.5 Å². The Labute approximate surface area is 125 Å². The van der Waals surface area contributed by atoms with Crippen LogP contribution in [0.2, 0.25) is 0 Å². The molecule has 1 unspecified atom stereocenters. The number of amides is 1. The van der Waals surface area contributed by atoms with Crippen LogP contribution in [0.4, 0.5) is 0 Å². The molecule has 1 aliphatic heterocycles. The fraction of sp³-hybridized carbons (Fsp3) is 0.714. The minimum Gasteiger partial charge on any atom is -0.352 e. The summed E-state index contributed by atoms with van der Waals surface area (Å²) in [6.45, 7) is 8.30. The number of sulfone groups is 1. The third-order valence-electron chi connectivity index (χ3n) is 3.78. The molecule has 1 fully saturated rings. The van der Waals surface area contributed by atoms with Crippen molar-refractivity contribution >= 4 is 15.7 Å². The van der Waals surface area contributed by atoms with Crippen LogP contribution in [0.15, 0.2) is 0 Å². The average molecular weight is 313 g/mol. The average Bonchev–Trinajstić information content (AvgIpc) is 2.86. The first kappa shape index (κ1) is 16.0. The highest BCUT2D eigenvalue weighted by Gasteiger charge is 2.32. The zero-order valence-corrected chi connectivity index (χ0v) is 13.8. The molecule has 7 heteroatoms. The molecule has 1 N–H and O–H groups in total. The number of carbonyl (C=O) groups excluding carboxylic acids is 1. The van der Waals surface area contributed by atoms with Gasteiger partial charge in [-0.25, -0.2) is 8.42 Å². The summed E-state index contributed by atoms with van der Waals surface area (Å²) in [4.78, 5) is 12.3. The molecule has 118 valence electrons. The van der Waals surface area contributed by atoms with Gasteiger partial charge in [-0.05, 0) is 26.2 Å². The highest BCUT2D eigenvalue weighted by molar-refractivity contribution is 7.91. The number of hydrogen-bond donors (Lipinski definition) is 1. The van der Waals surface area contributed by atoms with Crippen molar-refractivity contribution in [3.63, 3.8) is 0 Å². The lowest BCUT2D eigenvalue weighted by atomic mass is 10.1. The molecule has 1 aromatic heterocycles. The molecular weight excluding hydrogens is 290 g/mol. The third-order valence-corrected chi connectivity index (χ3v) is 5.53. The van der Waals surface area contributed by atoms with Crippen molar-refractivity contribution in [2.45, 2.75) is 40.2 Å². The maximum atomic E-state index is 12.3. The lowest BCUT2D eigenvalue weighted by molar-refractivity contribution is 0.0947. The van der Waals surface area contributed by atoms with Crippen molar-refractivity contribution < 1.29 is 13.2 Å². The van der Waals surface area contributed by atoms with Crippen molar-refractivity contribution in [1.82, 2.24) is 15.1 Å². The van der Waals surface area contributed by atoms with E-state index in [0.29, 0.717) is 30.1 Å². The number of hydrogen-bond acceptors (Lipinski definition) is 4. The molecule has 1 saturated heterocycles. The van der Waals surface area contributed by atoms with Gasteiger partial charge >= 0.3 is 0 Å². The summed E-state index contributed by atoms with van der Waals surface area (Å²) in [7, 11) is -2.97. The Bertz CT molecular complexity index is 647. The van der Waals surface area contributed by atoms with Gasteiger partial charge in [0.15, 0.2) is 9.84 Å². The lowest BCUT2D eigenvalue weighted by Crippen LogP contribution is -2.28. The normalized spacial score (nSPS) is 20.9. The first-order chi connectivity index (χ1) is 9.71. The summed E-state index contributed by atoms with van der Waals surface area (Å²) in [5.41, 5.74) is 1.97. The van der Waals surface area contributed by atoms with Gasteiger partial charge in [-0.3, -0.25) is 9.48 Å². The molecular formula is C14H23N3O3S. The number of carbonyl (C=O) groups is 1. The number of nitrogens with one attached hydrogen (secondary N) is 1. The molecule has 2 rings (SSSR count). The molecule has 0 saturated carbocycles. The Morgan fingerprint density at radius 1 is 1.43 bits per heavy atom. The van der Waals surface area contributed by atoms with E-state index in [4.69, 9.17) is 0 Å². The van der Waals surface area contributed by atoms with Gasteiger partial charge in [-0.1, -0.05) is 13.8 Å². The van der Waals surface area contributed by atoms with Crippen LogP contribution in [-0.2, 0) is 9.84 Å². The first-order valence-electron chi connectivity index (χ1n) is 7.25. The van der Waals surface area contributed by atoms with Crippen LogP contribution in [0, 0.1) is 19.8 Å². The Morgan fingerprint density at radius 2 is 2.10 bits per heavy atom. The van der Waals surface area contributed by atoms with Crippen molar-refractivity contribution in [3.8, 4) is 0 Å². The summed E-state index contributed by atoms with van der Waals surface area (Å²) in [5, 5.41) is 7.29. The van der Waals surface area contributed by atoms with Gasteiger partial charge < -0.3 is 5.32 Å². The van der Waals surface area contributed by atoms with E-state index >= 15 is 0 Å². The van der Waals surface area contributed by atoms with Crippen molar-refractivity contribution in [1.29, 1.82) is 0 Å². The van der Waals surface area contributed by atoms with Crippen LogP contribution in [0.1, 0.15) is 48.1 Å². The second-order valence-corrected chi connectivity index (χ2v) is 8.38. The fourth-order valence-electron chi connectivity index (χ4n) is 2.70. The topological polar surface area (TPSA) is 81.1 Å². The van der Waals surface area contributed by atoms with E-state index in [1.165, 1.54) is 0 Å². The standard InChI is InChI=1S/C14H23N3O3S/c1-9(2)7-15-14(18)13-10(3)16-17(11(13)4)12-5-6-21(19,20)8-12/h9,12H,5-8H2,1-4H3,(H,15,18). The maximum Gasteiger partial charge on any atom is 0.255 e. The Kier molecular flexibility index (Phi) is 4.41. The maximum absolute atomic E-state index is 12.3. The van der Waals surface area contributed by atoms with Crippen LogP contribution in [0.5, 0.6) is 0 Å². The van der Waals surface area contributed by atoms with Gasteiger partial charge in [0, 0.05) is 12.2 Å². The second kappa shape index (κ2) is 5.79. The van der Waals surface area contributed by atoms with E-state index in [2.05, 4.69) is 10.4 Å². The Morgan fingerprint density at radius 3 is 2.62 bits per heavy atom. The smallest absolute Gasteiger partial charge is 0.255 e. The zero-order valence-electron chi connectivity index (χ0n) is 13.0. The van der Waals surface area contributed by atoms with E-state index < -0.39 is 9.84 Å². The summed E-state index contributed by atoms with van der Waals surface area (Å²) in [5.74, 6) is 0.558. The van der Waals surface area contributed by atoms with Crippen molar-refractivity contribution in [3.05, 3.63) is 17.0 Å². The van der Waals surface area contributed by atoms with E-state index in [1.54, 1.807) is 11.6 Å². The quantitative estimate of drug-likeness (QED) is 0.907. The minimum atomic E-state index is -2.97. The van der Waals surface area contributed by atoms with Crippen LogP contribution in [0.3, 0.4) is 0 Å². The molecule has 1 aliphatic rings. The molecule has 6 nitrogen and oxygen atoms in total.